The molecule has 0 aliphatic carbocycles. The van der Waals surface area contributed by atoms with Crippen molar-refractivity contribution in [3.63, 3.8) is 0 Å². The Morgan fingerprint density at radius 1 is 0.950 bits per heavy atom. The van der Waals surface area contributed by atoms with Gasteiger partial charge in [0.25, 0.3) is 0 Å². The molecule has 0 amide bonds. The molecule has 120 valence electrons. The van der Waals surface area contributed by atoms with Crippen molar-refractivity contribution < 1.29 is 19.0 Å². The minimum Gasteiger partial charge on any atom is -0.463 e. The largest absolute Gasteiger partial charge is 0.463 e. The molecule has 0 aromatic carbocycles. The maximum atomic E-state index is 11.8. The van der Waals surface area contributed by atoms with Crippen LogP contribution in [0.3, 0.4) is 0 Å². The van der Waals surface area contributed by atoms with Gasteiger partial charge in [0.15, 0.2) is 0 Å². The van der Waals surface area contributed by atoms with E-state index >= 15 is 0 Å². The summed E-state index contributed by atoms with van der Waals surface area (Å²) >= 11 is 0. The van der Waals surface area contributed by atoms with Gasteiger partial charge in [0.1, 0.15) is 6.61 Å². The second-order valence-corrected chi connectivity index (χ2v) is 5.48. The van der Waals surface area contributed by atoms with Crippen molar-refractivity contribution >= 4 is 5.97 Å². The number of carbonyl (C=O) groups excluding carboxylic acids is 1. The summed E-state index contributed by atoms with van der Waals surface area (Å²) in [5.41, 5.74) is 0. The molecule has 20 heavy (non-hydrogen) atoms. The molecule has 4 nitrogen and oxygen atoms in total. The van der Waals surface area contributed by atoms with Crippen molar-refractivity contribution in [1.82, 2.24) is 0 Å². The van der Waals surface area contributed by atoms with E-state index in [2.05, 4.69) is 20.8 Å². The lowest BCUT2D eigenvalue weighted by Gasteiger charge is -2.16. The van der Waals surface area contributed by atoms with E-state index in [1.165, 1.54) is 0 Å². The molecule has 0 heterocycles. The third-order valence-electron chi connectivity index (χ3n) is 3.07. The fraction of sp³-hybridized carbons (Fsp3) is 0.938. The van der Waals surface area contributed by atoms with Gasteiger partial charge < -0.3 is 14.2 Å². The summed E-state index contributed by atoms with van der Waals surface area (Å²) in [5.74, 6) is 0.445. The standard InChI is InChI=1S/C16H32O4/c1-5-7-8-18-9-10-19-11-12-20-16(17)15(6-2)13-14(3)4/h14-15H,5-13H2,1-4H3. The van der Waals surface area contributed by atoms with Gasteiger partial charge in [-0.25, -0.2) is 0 Å². The van der Waals surface area contributed by atoms with Crippen LogP contribution in [-0.2, 0) is 19.0 Å². The zero-order chi connectivity index (χ0) is 15.2. The molecule has 0 N–H and O–H groups in total. The number of unbranched alkanes of at least 4 members (excludes halogenated alkanes) is 1. The van der Waals surface area contributed by atoms with Crippen molar-refractivity contribution in [3.8, 4) is 0 Å². The first-order valence-corrected chi connectivity index (χ1v) is 7.93. The zero-order valence-electron chi connectivity index (χ0n) is 13.7. The Kier molecular flexibility index (Phi) is 13.0. The number of ether oxygens (including phenoxy) is 3. The van der Waals surface area contributed by atoms with E-state index in [4.69, 9.17) is 14.2 Å². The Balaban J connectivity index is 3.46. The Labute approximate surface area is 124 Å². The fourth-order valence-electron chi connectivity index (χ4n) is 1.89. The molecule has 0 bridgehead atoms. The molecule has 0 radical (unpaired) electrons. The van der Waals surface area contributed by atoms with Gasteiger partial charge in [-0.1, -0.05) is 34.1 Å². The first kappa shape index (κ1) is 19.4. The lowest BCUT2D eigenvalue weighted by atomic mass is 9.95. The molecule has 0 rings (SSSR count). The maximum Gasteiger partial charge on any atom is 0.309 e. The number of rotatable bonds is 13. The predicted molar refractivity (Wildman–Crippen MR) is 80.7 cm³/mol. The zero-order valence-corrected chi connectivity index (χ0v) is 13.7. The summed E-state index contributed by atoms with van der Waals surface area (Å²) in [6, 6.07) is 0. The number of esters is 1. The lowest BCUT2D eigenvalue weighted by molar-refractivity contribution is -0.151. The average Bonchev–Trinajstić information content (AvgIpc) is 2.42. The van der Waals surface area contributed by atoms with Crippen LogP contribution in [0.15, 0.2) is 0 Å². The van der Waals surface area contributed by atoms with Crippen LogP contribution in [0.4, 0.5) is 0 Å². The SMILES string of the molecule is CCCCOCCOCCOC(=O)C(CC)CC(C)C. The first-order valence-electron chi connectivity index (χ1n) is 7.93. The van der Waals surface area contributed by atoms with Gasteiger partial charge >= 0.3 is 5.97 Å². The highest BCUT2D eigenvalue weighted by Crippen LogP contribution is 2.16. The van der Waals surface area contributed by atoms with Gasteiger partial charge in [0.05, 0.1) is 25.7 Å². The molecule has 4 heteroatoms. The normalized spacial score (nSPS) is 12.7. The van der Waals surface area contributed by atoms with E-state index in [-0.39, 0.29) is 11.9 Å². The Hall–Kier alpha value is -0.610. The number of hydrogen-bond acceptors (Lipinski definition) is 4. The molecular weight excluding hydrogens is 256 g/mol. The first-order chi connectivity index (χ1) is 9.61. The van der Waals surface area contributed by atoms with Crippen molar-refractivity contribution in [2.75, 3.05) is 33.0 Å². The summed E-state index contributed by atoms with van der Waals surface area (Å²) in [6.45, 7) is 11.2. The number of hydrogen-bond donors (Lipinski definition) is 0. The predicted octanol–water partition coefficient (Wildman–Crippen LogP) is 3.44. The van der Waals surface area contributed by atoms with Gasteiger partial charge in [-0.05, 0) is 25.2 Å². The van der Waals surface area contributed by atoms with Crippen LogP contribution in [0.25, 0.3) is 0 Å². The molecule has 1 unspecified atom stereocenters. The Bertz CT molecular complexity index is 229. The topological polar surface area (TPSA) is 44.8 Å². The van der Waals surface area contributed by atoms with Crippen LogP contribution < -0.4 is 0 Å². The Morgan fingerprint density at radius 3 is 2.10 bits per heavy atom. The van der Waals surface area contributed by atoms with Gasteiger partial charge in [0.2, 0.25) is 0 Å². The van der Waals surface area contributed by atoms with E-state index in [0.717, 1.165) is 32.3 Å². The minimum absolute atomic E-state index is 0.0207. The molecule has 0 spiro atoms. The molecule has 0 saturated heterocycles. The molecule has 0 aliphatic rings. The van der Waals surface area contributed by atoms with Crippen molar-refractivity contribution in [2.45, 2.75) is 53.4 Å². The highest BCUT2D eigenvalue weighted by molar-refractivity contribution is 5.72. The van der Waals surface area contributed by atoms with Crippen molar-refractivity contribution in [1.29, 1.82) is 0 Å². The molecule has 0 aromatic rings. The summed E-state index contributed by atoms with van der Waals surface area (Å²) < 4.78 is 16.0. The van der Waals surface area contributed by atoms with Crippen molar-refractivity contribution in [2.24, 2.45) is 11.8 Å². The monoisotopic (exact) mass is 288 g/mol. The van der Waals surface area contributed by atoms with E-state index in [9.17, 15) is 4.79 Å². The molecule has 0 fully saturated rings. The summed E-state index contributed by atoms with van der Waals surface area (Å²) in [7, 11) is 0. The summed E-state index contributed by atoms with van der Waals surface area (Å²) in [4.78, 5) is 11.8. The van der Waals surface area contributed by atoms with E-state index in [1.807, 2.05) is 6.92 Å². The summed E-state index contributed by atoms with van der Waals surface area (Å²) in [6.07, 6.45) is 3.96. The van der Waals surface area contributed by atoms with Crippen LogP contribution in [0.5, 0.6) is 0 Å². The number of carbonyl (C=O) groups is 1. The van der Waals surface area contributed by atoms with Crippen LogP contribution in [0.1, 0.15) is 53.4 Å². The minimum atomic E-state index is -0.0935. The van der Waals surface area contributed by atoms with Gasteiger partial charge in [0, 0.05) is 6.61 Å². The lowest BCUT2D eigenvalue weighted by Crippen LogP contribution is -2.21. The maximum absolute atomic E-state index is 11.8. The van der Waals surface area contributed by atoms with E-state index in [0.29, 0.717) is 32.3 Å². The van der Waals surface area contributed by atoms with Crippen molar-refractivity contribution in [3.05, 3.63) is 0 Å². The molecule has 0 aliphatic heterocycles. The smallest absolute Gasteiger partial charge is 0.309 e. The molecular formula is C16H32O4. The second-order valence-electron chi connectivity index (χ2n) is 5.48. The average molecular weight is 288 g/mol. The Morgan fingerprint density at radius 2 is 1.55 bits per heavy atom. The fourth-order valence-corrected chi connectivity index (χ4v) is 1.89. The molecule has 0 saturated carbocycles. The highest BCUT2D eigenvalue weighted by atomic mass is 16.6. The van der Waals surface area contributed by atoms with Crippen LogP contribution in [0.2, 0.25) is 0 Å². The molecule has 0 aromatic heterocycles. The van der Waals surface area contributed by atoms with Crippen LogP contribution in [-0.4, -0.2) is 39.0 Å². The van der Waals surface area contributed by atoms with Gasteiger partial charge in [-0.2, -0.15) is 0 Å². The third kappa shape index (κ3) is 11.2. The van der Waals surface area contributed by atoms with Gasteiger partial charge in [-0.3, -0.25) is 4.79 Å². The van der Waals surface area contributed by atoms with Gasteiger partial charge in [-0.15, -0.1) is 0 Å². The van der Waals surface area contributed by atoms with Crippen LogP contribution >= 0.6 is 0 Å². The third-order valence-corrected chi connectivity index (χ3v) is 3.07. The van der Waals surface area contributed by atoms with Crippen LogP contribution in [0, 0.1) is 11.8 Å². The van der Waals surface area contributed by atoms with E-state index < -0.39 is 0 Å². The second kappa shape index (κ2) is 13.4. The summed E-state index contributed by atoms with van der Waals surface area (Å²) in [5, 5.41) is 0. The highest BCUT2D eigenvalue weighted by Gasteiger charge is 2.18. The van der Waals surface area contributed by atoms with E-state index in [1.54, 1.807) is 0 Å². The molecule has 1 atom stereocenters. The quantitative estimate of drug-likeness (QED) is 0.385.